The van der Waals surface area contributed by atoms with Crippen LogP contribution < -0.4 is 4.18 Å². The van der Waals surface area contributed by atoms with Gasteiger partial charge in [0.25, 0.3) is 0 Å². The predicted molar refractivity (Wildman–Crippen MR) is 120 cm³/mol. The number of hydrogen-bond acceptors (Lipinski definition) is 4. The topological polar surface area (TPSA) is 52.6 Å². The fraction of sp³-hybridized carbons (Fsp3) is 0.545. The molecule has 0 aliphatic rings. The van der Waals surface area contributed by atoms with Crippen molar-refractivity contribution < 1.29 is 34.6 Å². The zero-order valence-corrected chi connectivity index (χ0v) is 20.9. The molecule has 0 saturated carbocycles. The van der Waals surface area contributed by atoms with E-state index in [0.29, 0.717) is 22.0 Å². The molecule has 2 rings (SSSR count). The van der Waals surface area contributed by atoms with Gasteiger partial charge >= 0.3 is 15.6 Å². The molecule has 2 aromatic carbocycles. The summed E-state index contributed by atoms with van der Waals surface area (Å²) in [6.07, 6.45) is 0.0660. The van der Waals surface area contributed by atoms with Crippen LogP contribution in [0, 0.1) is 5.82 Å². The highest BCUT2D eigenvalue weighted by atomic mass is 32.2. The Morgan fingerprint density at radius 2 is 1.50 bits per heavy atom. The van der Waals surface area contributed by atoms with Crippen LogP contribution in [0.4, 0.5) is 17.6 Å². The number of benzene rings is 2. The average molecular weight is 495 g/mol. The third kappa shape index (κ3) is 5.12. The molecule has 180 valence electrons. The van der Waals surface area contributed by atoms with E-state index in [0.717, 1.165) is 6.07 Å². The van der Waals surface area contributed by atoms with Gasteiger partial charge in [-0.1, -0.05) is 59.7 Å². The number of fused-ring (bicyclic) bond motifs is 1. The molecule has 0 radical (unpaired) electrons. The molecule has 4 nitrogen and oxygen atoms in total. The Morgan fingerprint density at radius 1 is 0.938 bits per heavy atom. The van der Waals surface area contributed by atoms with Gasteiger partial charge in [-0.15, -0.1) is 0 Å². The van der Waals surface area contributed by atoms with E-state index in [2.05, 4.69) is 45.7 Å². The van der Waals surface area contributed by atoms with Crippen molar-refractivity contribution in [3.63, 3.8) is 0 Å². The van der Waals surface area contributed by atoms with Crippen molar-refractivity contribution >= 4 is 29.2 Å². The van der Waals surface area contributed by atoms with Crippen LogP contribution in [0.2, 0.25) is 16.6 Å². The first-order chi connectivity index (χ1) is 14.6. The summed E-state index contributed by atoms with van der Waals surface area (Å²) in [4.78, 5) is 0. The van der Waals surface area contributed by atoms with Gasteiger partial charge in [0.15, 0.2) is 14.1 Å². The second-order valence-electron chi connectivity index (χ2n) is 8.78. The summed E-state index contributed by atoms with van der Waals surface area (Å²) in [5, 5.41) is 0.367. The van der Waals surface area contributed by atoms with Crippen LogP contribution in [0.5, 0.6) is 5.75 Å². The zero-order chi connectivity index (χ0) is 24.5. The van der Waals surface area contributed by atoms with Gasteiger partial charge in [0, 0.05) is 17.6 Å². The van der Waals surface area contributed by atoms with E-state index in [1.165, 1.54) is 18.2 Å². The molecule has 2 aromatic rings. The van der Waals surface area contributed by atoms with E-state index in [1.54, 1.807) is 6.07 Å². The Morgan fingerprint density at radius 3 is 2.00 bits per heavy atom. The molecular weight excluding hydrogens is 464 g/mol. The van der Waals surface area contributed by atoms with Crippen LogP contribution in [-0.2, 0) is 21.0 Å². The minimum Gasteiger partial charge on any atom is -0.416 e. The van der Waals surface area contributed by atoms with Gasteiger partial charge in [0.2, 0.25) is 0 Å². The fourth-order valence-corrected chi connectivity index (χ4v) is 10.6. The zero-order valence-electron chi connectivity index (χ0n) is 19.1. The number of alkyl halides is 3. The highest BCUT2D eigenvalue weighted by Crippen LogP contribution is 2.42. The van der Waals surface area contributed by atoms with Gasteiger partial charge in [0.05, 0.1) is 0 Å². The Hall–Kier alpha value is -1.65. The SMILES string of the molecule is CC(C)[Si](OCCc1c(F)ccc2cccc(OS(=O)(=O)C(F)(F)F)c12)(C(C)C)C(C)C. The standard InChI is InChI=1S/C22H30F4O4SSi/c1-14(2)32(15(3)4,16(5)6)29-13-12-18-19(23)11-10-17-8-7-9-20(21(17)18)30-31(27,28)22(24,25)26/h7-11,14-16H,12-13H2,1-6H3. The van der Waals surface area contributed by atoms with Crippen LogP contribution in [0.1, 0.15) is 47.1 Å². The molecule has 0 aliphatic heterocycles. The molecule has 0 aromatic heterocycles. The van der Waals surface area contributed by atoms with Gasteiger partial charge in [-0.3, -0.25) is 0 Å². The highest BCUT2D eigenvalue weighted by Gasteiger charge is 2.49. The van der Waals surface area contributed by atoms with E-state index in [1.807, 2.05) is 0 Å². The van der Waals surface area contributed by atoms with E-state index < -0.39 is 35.5 Å². The lowest BCUT2D eigenvalue weighted by molar-refractivity contribution is -0.0499. The number of hydrogen-bond donors (Lipinski definition) is 0. The molecular formula is C22H30F4O4SSi. The minimum atomic E-state index is -5.90. The van der Waals surface area contributed by atoms with Gasteiger partial charge in [-0.2, -0.15) is 21.6 Å². The second kappa shape index (κ2) is 9.68. The van der Waals surface area contributed by atoms with Crippen molar-refractivity contribution in [2.75, 3.05) is 6.61 Å². The lowest BCUT2D eigenvalue weighted by atomic mass is 10.0. The summed E-state index contributed by atoms with van der Waals surface area (Å²) in [5.41, 5.74) is -4.63. The first kappa shape index (κ1) is 26.6. The monoisotopic (exact) mass is 494 g/mol. The Kier molecular flexibility index (Phi) is 8.05. The maximum atomic E-state index is 14.8. The summed E-state index contributed by atoms with van der Waals surface area (Å²) in [6, 6.07) is 6.58. The van der Waals surface area contributed by atoms with E-state index in [9.17, 15) is 26.0 Å². The number of halogens is 4. The van der Waals surface area contributed by atoms with Crippen LogP contribution in [-0.4, -0.2) is 28.9 Å². The smallest absolute Gasteiger partial charge is 0.416 e. The lowest BCUT2D eigenvalue weighted by Crippen LogP contribution is -2.48. The maximum Gasteiger partial charge on any atom is 0.534 e. The van der Waals surface area contributed by atoms with Gasteiger partial charge < -0.3 is 8.61 Å². The summed E-state index contributed by atoms with van der Waals surface area (Å²) < 4.78 is 87.3. The highest BCUT2D eigenvalue weighted by molar-refractivity contribution is 7.88. The molecule has 0 spiro atoms. The second-order valence-corrected chi connectivity index (χ2v) is 15.8. The van der Waals surface area contributed by atoms with Gasteiger partial charge in [-0.05, 0) is 40.6 Å². The van der Waals surface area contributed by atoms with Crippen molar-refractivity contribution in [1.29, 1.82) is 0 Å². The molecule has 0 saturated heterocycles. The van der Waals surface area contributed by atoms with Crippen molar-refractivity contribution in [2.24, 2.45) is 0 Å². The van der Waals surface area contributed by atoms with Crippen LogP contribution >= 0.6 is 0 Å². The summed E-state index contributed by atoms with van der Waals surface area (Å²) in [6.45, 7) is 12.8. The molecule has 0 amide bonds. The largest absolute Gasteiger partial charge is 0.534 e. The average Bonchev–Trinajstić information content (AvgIpc) is 2.64. The first-order valence-corrected chi connectivity index (χ1v) is 14.0. The first-order valence-electron chi connectivity index (χ1n) is 10.5. The molecule has 0 bridgehead atoms. The van der Waals surface area contributed by atoms with E-state index in [-0.39, 0.29) is 24.0 Å². The van der Waals surface area contributed by atoms with Gasteiger partial charge in [-0.25, -0.2) is 4.39 Å². The summed E-state index contributed by atoms with van der Waals surface area (Å²) >= 11 is 0. The quantitative estimate of drug-likeness (QED) is 0.164. The molecule has 0 heterocycles. The summed E-state index contributed by atoms with van der Waals surface area (Å²) in [7, 11) is -8.14. The van der Waals surface area contributed by atoms with Crippen molar-refractivity contribution in [1.82, 2.24) is 0 Å². The molecule has 0 N–H and O–H groups in total. The Balaban J connectivity index is 2.48. The molecule has 0 fully saturated rings. The predicted octanol–water partition coefficient (Wildman–Crippen LogP) is 6.94. The molecule has 10 heteroatoms. The van der Waals surface area contributed by atoms with E-state index in [4.69, 9.17) is 4.43 Å². The summed E-state index contributed by atoms with van der Waals surface area (Å²) in [5.74, 6) is -1.22. The van der Waals surface area contributed by atoms with E-state index >= 15 is 0 Å². The van der Waals surface area contributed by atoms with Crippen LogP contribution in [0.3, 0.4) is 0 Å². The van der Waals surface area contributed by atoms with Crippen molar-refractivity contribution in [3.8, 4) is 5.75 Å². The maximum absolute atomic E-state index is 14.8. The van der Waals surface area contributed by atoms with Crippen LogP contribution in [0.15, 0.2) is 30.3 Å². The lowest BCUT2D eigenvalue weighted by Gasteiger charge is -2.42. The van der Waals surface area contributed by atoms with Crippen LogP contribution in [0.25, 0.3) is 10.8 Å². The normalized spacial score (nSPS) is 13.5. The number of rotatable bonds is 9. The molecule has 32 heavy (non-hydrogen) atoms. The van der Waals surface area contributed by atoms with Crippen molar-refractivity contribution in [3.05, 3.63) is 41.7 Å². The minimum absolute atomic E-state index is 0.00478. The molecule has 0 aliphatic carbocycles. The Bertz CT molecular complexity index is 1030. The Labute approximate surface area is 188 Å². The third-order valence-corrected chi connectivity index (χ3v) is 13.0. The van der Waals surface area contributed by atoms with Gasteiger partial charge in [0.1, 0.15) is 5.82 Å². The van der Waals surface area contributed by atoms with Crippen molar-refractivity contribution in [2.45, 2.75) is 70.1 Å². The molecule has 0 unspecified atom stereocenters. The molecule has 0 atom stereocenters. The fourth-order valence-electron chi connectivity index (χ4n) is 4.70. The third-order valence-electron chi connectivity index (χ3n) is 5.95.